The zero-order valence-corrected chi connectivity index (χ0v) is 9.86. The van der Waals surface area contributed by atoms with Gasteiger partial charge in [-0.15, -0.1) is 0 Å². The van der Waals surface area contributed by atoms with Crippen molar-refractivity contribution in [2.75, 3.05) is 21.1 Å². The summed E-state index contributed by atoms with van der Waals surface area (Å²) in [4.78, 5) is 8.57. The largest absolute Gasteiger partial charge is 1.00 e. The Hall–Kier alpha value is -1.19. The van der Waals surface area contributed by atoms with Gasteiger partial charge in [-0.1, -0.05) is 12.1 Å². The molecule has 0 unspecified atom stereocenters. The molecule has 0 saturated heterocycles. The number of hydrogen-bond donors (Lipinski definition) is 0. The van der Waals surface area contributed by atoms with Crippen LogP contribution in [0.5, 0.6) is 0 Å². The molecule has 0 N–H and O–H groups in total. The predicted molar refractivity (Wildman–Crippen MR) is 59.1 cm³/mol. The maximum Gasteiger partial charge on any atom is 0.237 e. The molecule has 4 heteroatoms. The number of rotatable bonds is 1. The Morgan fingerprint density at radius 2 is 1.67 bits per heavy atom. The molecule has 1 heterocycles. The topological polar surface area (TPSA) is 25.8 Å². The minimum Gasteiger partial charge on any atom is -1.00 e. The minimum atomic E-state index is 0. The van der Waals surface area contributed by atoms with Gasteiger partial charge in [-0.3, -0.25) is 4.48 Å². The molecule has 80 valence electrons. The molecule has 2 rings (SSSR count). The number of fused-ring (bicyclic) bond motifs is 1. The van der Waals surface area contributed by atoms with Gasteiger partial charge in [-0.2, -0.15) is 4.98 Å². The third-order valence-corrected chi connectivity index (χ3v) is 2.16. The van der Waals surface area contributed by atoms with Crippen LogP contribution in [-0.4, -0.2) is 31.1 Å². The number of halogens is 1. The van der Waals surface area contributed by atoms with Crippen LogP contribution in [0.3, 0.4) is 0 Å². The minimum absolute atomic E-state index is 0. The maximum absolute atomic E-state index is 4.34. The van der Waals surface area contributed by atoms with Crippen molar-refractivity contribution in [2.24, 2.45) is 0 Å². The molecule has 0 radical (unpaired) electrons. The molecule has 1 aromatic carbocycles. The lowest BCUT2D eigenvalue weighted by atomic mass is 10.2. The Balaban J connectivity index is 0.00000112. The van der Waals surface area contributed by atoms with Gasteiger partial charge in [-0.05, 0) is 12.1 Å². The van der Waals surface area contributed by atoms with Crippen molar-refractivity contribution in [2.45, 2.75) is 0 Å². The van der Waals surface area contributed by atoms with Crippen LogP contribution in [0.2, 0.25) is 0 Å². The molecular formula is C11H14ClN3. The summed E-state index contributed by atoms with van der Waals surface area (Å²) in [5.74, 6) is 1.05. The molecular weight excluding hydrogens is 210 g/mol. The molecule has 15 heavy (non-hydrogen) atoms. The van der Waals surface area contributed by atoms with Gasteiger partial charge in [0.05, 0.1) is 32.0 Å². The van der Waals surface area contributed by atoms with Crippen molar-refractivity contribution < 1.29 is 12.4 Å². The highest BCUT2D eigenvalue weighted by molar-refractivity contribution is 5.87. The van der Waals surface area contributed by atoms with Gasteiger partial charge in [0.2, 0.25) is 5.82 Å². The summed E-state index contributed by atoms with van der Waals surface area (Å²) in [7, 11) is 6.32. The van der Waals surface area contributed by atoms with Gasteiger partial charge in [0.15, 0.2) is 0 Å². The first-order valence-corrected chi connectivity index (χ1v) is 4.61. The van der Waals surface area contributed by atoms with E-state index >= 15 is 0 Å². The quantitative estimate of drug-likeness (QED) is 0.570. The van der Waals surface area contributed by atoms with Crippen LogP contribution in [0.15, 0.2) is 30.6 Å². The van der Waals surface area contributed by atoms with E-state index in [1.54, 1.807) is 6.33 Å². The second-order valence-electron chi connectivity index (χ2n) is 4.23. The highest BCUT2D eigenvalue weighted by Gasteiger charge is 2.17. The number of quaternary nitrogens is 1. The van der Waals surface area contributed by atoms with Crippen molar-refractivity contribution in [3.8, 4) is 0 Å². The van der Waals surface area contributed by atoms with Crippen molar-refractivity contribution in [1.29, 1.82) is 0 Å². The SMILES string of the molecule is C[N+](C)(C)c1ncnc2ccccc12.[Cl-]. The molecule has 0 bridgehead atoms. The summed E-state index contributed by atoms with van der Waals surface area (Å²) < 4.78 is 0.711. The van der Waals surface area contributed by atoms with E-state index in [-0.39, 0.29) is 12.4 Å². The van der Waals surface area contributed by atoms with Crippen LogP contribution in [0.25, 0.3) is 10.9 Å². The van der Waals surface area contributed by atoms with Gasteiger partial charge in [-0.25, -0.2) is 4.98 Å². The standard InChI is InChI=1S/C11H14N3.ClH/c1-14(2,3)11-9-6-4-5-7-10(9)12-8-13-11;/h4-8H,1-3H3;1H/q+1;/p-1. The Kier molecular flexibility index (Phi) is 3.27. The molecule has 0 aliphatic carbocycles. The fraction of sp³-hybridized carbons (Fsp3) is 0.273. The van der Waals surface area contributed by atoms with E-state index in [1.165, 1.54) is 0 Å². The van der Waals surface area contributed by atoms with Gasteiger partial charge in [0.1, 0.15) is 6.33 Å². The average Bonchev–Trinajstić information content (AvgIpc) is 2.15. The second kappa shape index (κ2) is 4.13. The van der Waals surface area contributed by atoms with Gasteiger partial charge in [0, 0.05) is 0 Å². The molecule has 0 saturated carbocycles. The predicted octanol–water partition coefficient (Wildman–Crippen LogP) is -1.17. The zero-order chi connectivity index (χ0) is 10.2. The lowest BCUT2D eigenvalue weighted by molar-refractivity contribution is -0.00000322. The smallest absolute Gasteiger partial charge is 0.237 e. The number of nitrogens with zero attached hydrogens (tertiary/aromatic N) is 3. The van der Waals surface area contributed by atoms with E-state index < -0.39 is 0 Å². The summed E-state index contributed by atoms with van der Waals surface area (Å²) in [5, 5.41) is 1.13. The lowest BCUT2D eigenvalue weighted by Gasteiger charge is -2.22. The summed E-state index contributed by atoms with van der Waals surface area (Å²) in [6.07, 6.45) is 1.63. The van der Waals surface area contributed by atoms with Crippen LogP contribution in [0, 0.1) is 0 Å². The fourth-order valence-corrected chi connectivity index (χ4v) is 1.53. The molecule has 0 spiro atoms. The third kappa shape index (κ3) is 2.25. The van der Waals surface area contributed by atoms with E-state index in [9.17, 15) is 0 Å². The van der Waals surface area contributed by atoms with Crippen molar-refractivity contribution in [3.05, 3.63) is 30.6 Å². The number of aromatic nitrogens is 2. The fourth-order valence-electron chi connectivity index (χ4n) is 1.53. The summed E-state index contributed by atoms with van der Waals surface area (Å²) in [6.45, 7) is 0. The molecule has 2 aromatic rings. The van der Waals surface area contributed by atoms with E-state index in [1.807, 2.05) is 18.2 Å². The van der Waals surface area contributed by atoms with Crippen molar-refractivity contribution in [1.82, 2.24) is 14.5 Å². The van der Waals surface area contributed by atoms with E-state index in [4.69, 9.17) is 0 Å². The summed E-state index contributed by atoms with van der Waals surface area (Å²) in [6, 6.07) is 8.09. The Labute approximate surface area is 95.8 Å². The lowest BCUT2D eigenvalue weighted by Crippen LogP contribution is -3.00. The highest BCUT2D eigenvalue weighted by atomic mass is 35.5. The van der Waals surface area contributed by atoms with Crippen molar-refractivity contribution in [3.63, 3.8) is 0 Å². The molecule has 0 atom stereocenters. The number of hydrogen-bond acceptors (Lipinski definition) is 2. The van der Waals surface area contributed by atoms with Crippen molar-refractivity contribution >= 4 is 16.7 Å². The first-order chi connectivity index (χ1) is 6.59. The monoisotopic (exact) mass is 223 g/mol. The Bertz CT molecular complexity index is 457. The van der Waals surface area contributed by atoms with Crippen LogP contribution in [-0.2, 0) is 0 Å². The molecule has 0 amide bonds. The molecule has 1 aromatic heterocycles. The van der Waals surface area contributed by atoms with Gasteiger partial charge < -0.3 is 12.4 Å². The Morgan fingerprint density at radius 1 is 1.00 bits per heavy atom. The van der Waals surface area contributed by atoms with E-state index in [0.29, 0.717) is 4.48 Å². The summed E-state index contributed by atoms with van der Waals surface area (Å²) in [5.41, 5.74) is 1.01. The molecule has 0 aliphatic heterocycles. The average molecular weight is 224 g/mol. The normalized spacial score (nSPS) is 11.1. The van der Waals surface area contributed by atoms with Crippen LogP contribution < -0.4 is 16.9 Å². The maximum atomic E-state index is 4.34. The zero-order valence-electron chi connectivity index (χ0n) is 9.11. The first kappa shape index (κ1) is 11.9. The van der Waals surface area contributed by atoms with Crippen LogP contribution in [0.1, 0.15) is 0 Å². The summed E-state index contributed by atoms with van der Waals surface area (Å²) >= 11 is 0. The van der Waals surface area contributed by atoms with Crippen LogP contribution >= 0.6 is 0 Å². The van der Waals surface area contributed by atoms with E-state index in [2.05, 4.69) is 37.2 Å². The Morgan fingerprint density at radius 3 is 2.33 bits per heavy atom. The number of benzene rings is 1. The second-order valence-corrected chi connectivity index (χ2v) is 4.23. The first-order valence-electron chi connectivity index (χ1n) is 4.61. The van der Waals surface area contributed by atoms with Gasteiger partial charge in [0.25, 0.3) is 0 Å². The number of para-hydroxylation sites is 1. The van der Waals surface area contributed by atoms with Gasteiger partial charge >= 0.3 is 0 Å². The third-order valence-electron chi connectivity index (χ3n) is 2.16. The molecule has 3 nitrogen and oxygen atoms in total. The molecule has 0 fully saturated rings. The molecule has 0 aliphatic rings. The van der Waals surface area contributed by atoms with Crippen LogP contribution in [0.4, 0.5) is 5.82 Å². The highest BCUT2D eigenvalue weighted by Crippen LogP contribution is 2.23. The van der Waals surface area contributed by atoms with E-state index in [0.717, 1.165) is 16.7 Å².